The van der Waals surface area contributed by atoms with Crippen molar-refractivity contribution in [3.05, 3.63) is 0 Å². The van der Waals surface area contributed by atoms with Gasteiger partial charge in [0.2, 0.25) is 5.91 Å². The predicted octanol–water partition coefficient (Wildman–Crippen LogP) is 3.94. The van der Waals surface area contributed by atoms with Crippen LogP contribution in [0, 0.1) is 11.8 Å². The molecule has 8 heteroatoms. The third kappa shape index (κ3) is 5.32. The summed E-state index contributed by atoms with van der Waals surface area (Å²) in [6, 6.07) is -0.697. The Morgan fingerprint density at radius 1 is 1.24 bits per heavy atom. The van der Waals surface area contributed by atoms with E-state index in [1.807, 2.05) is 20.8 Å². The largest absolute Gasteiger partial charge is 0.480 e. The van der Waals surface area contributed by atoms with E-state index in [0.717, 1.165) is 19.3 Å². The minimum Gasteiger partial charge on any atom is -0.480 e. The summed E-state index contributed by atoms with van der Waals surface area (Å²) in [4.78, 5) is 38.8. The number of aliphatic carboxylic acids is 1. The lowest BCUT2D eigenvalue weighted by molar-refractivity contribution is -0.164. The maximum atomic E-state index is 12.8. The van der Waals surface area contributed by atoms with E-state index in [-0.39, 0.29) is 17.9 Å². The van der Waals surface area contributed by atoms with Gasteiger partial charge in [0, 0.05) is 13.1 Å². The van der Waals surface area contributed by atoms with Gasteiger partial charge in [-0.3, -0.25) is 4.79 Å². The van der Waals surface area contributed by atoms with Gasteiger partial charge in [0.25, 0.3) is 0 Å². The monoisotopic (exact) mass is 426 g/mol. The fourth-order valence-electron chi connectivity index (χ4n) is 4.24. The minimum absolute atomic E-state index is 0.00238. The molecule has 166 valence electrons. The number of carbonyl (C=O) groups excluding carboxylic acids is 2. The molecule has 7 nitrogen and oxygen atoms in total. The first-order chi connectivity index (χ1) is 13.3. The van der Waals surface area contributed by atoms with Crippen LogP contribution in [0.2, 0.25) is 18.6 Å². The van der Waals surface area contributed by atoms with E-state index in [1.54, 1.807) is 9.47 Å². The molecule has 0 aromatic carbocycles. The first kappa shape index (κ1) is 23.7. The molecule has 2 fully saturated rings. The first-order valence-corrected chi connectivity index (χ1v) is 13.8. The molecule has 0 aromatic heterocycles. The van der Waals surface area contributed by atoms with Crippen LogP contribution in [-0.2, 0) is 14.3 Å². The molecule has 2 aliphatic heterocycles. The van der Waals surface area contributed by atoms with Crippen LogP contribution in [0.4, 0.5) is 4.79 Å². The third-order valence-corrected chi connectivity index (χ3v) is 11.1. The summed E-state index contributed by atoms with van der Waals surface area (Å²) < 4.78 is 7.17. The number of piperidine rings is 1. The van der Waals surface area contributed by atoms with Gasteiger partial charge in [-0.25, -0.2) is 9.59 Å². The van der Waals surface area contributed by atoms with Crippen LogP contribution in [0.1, 0.15) is 60.3 Å². The Morgan fingerprint density at radius 2 is 1.86 bits per heavy atom. The number of carbonyl (C=O) groups is 3. The summed E-state index contributed by atoms with van der Waals surface area (Å²) in [6.45, 7) is 15.1. The van der Waals surface area contributed by atoms with Crippen LogP contribution < -0.4 is 0 Å². The summed E-state index contributed by atoms with van der Waals surface area (Å²) in [5.41, 5.74) is -0.219. The average Bonchev–Trinajstić information content (AvgIpc) is 2.57. The van der Waals surface area contributed by atoms with Crippen molar-refractivity contribution in [1.82, 2.24) is 9.47 Å². The molecular weight excluding hydrogens is 388 g/mol. The van der Waals surface area contributed by atoms with Crippen LogP contribution >= 0.6 is 0 Å². The zero-order valence-electron chi connectivity index (χ0n) is 19.0. The first-order valence-electron chi connectivity index (χ1n) is 10.8. The molecule has 0 saturated carbocycles. The molecule has 2 saturated heterocycles. The van der Waals surface area contributed by atoms with Gasteiger partial charge in [-0.1, -0.05) is 26.9 Å². The summed E-state index contributed by atoms with van der Waals surface area (Å²) in [6.07, 6.45) is 2.94. The summed E-state index contributed by atoms with van der Waals surface area (Å²) in [5.74, 6) is -1.05. The van der Waals surface area contributed by atoms with E-state index in [9.17, 15) is 19.5 Å². The highest BCUT2D eigenvalue weighted by Crippen LogP contribution is 2.40. The SMILES string of the molecule is CC(C)[Si](C)(C)N1C(=O)[C@H](CCC2CCCN(C(=O)OC(C)(C)C)C2)C1C(=O)O. The smallest absolute Gasteiger partial charge is 0.410 e. The van der Waals surface area contributed by atoms with E-state index < -0.39 is 31.8 Å². The average molecular weight is 427 g/mol. The summed E-state index contributed by atoms with van der Waals surface area (Å²) >= 11 is 0. The fraction of sp³-hybridized carbons (Fsp3) is 0.857. The number of likely N-dealkylation sites (tertiary alicyclic amines) is 1. The molecular formula is C21H38N2O5Si. The molecule has 2 aliphatic rings. The Morgan fingerprint density at radius 3 is 2.38 bits per heavy atom. The second-order valence-electron chi connectivity index (χ2n) is 10.4. The van der Waals surface area contributed by atoms with Crippen molar-refractivity contribution in [2.75, 3.05) is 13.1 Å². The maximum absolute atomic E-state index is 12.8. The van der Waals surface area contributed by atoms with Crippen molar-refractivity contribution in [2.24, 2.45) is 11.8 Å². The third-order valence-electron chi connectivity index (χ3n) is 6.56. The Hall–Kier alpha value is -1.57. The highest BCUT2D eigenvalue weighted by Gasteiger charge is 2.57. The Bertz CT molecular complexity index is 643. The van der Waals surface area contributed by atoms with Crippen molar-refractivity contribution >= 4 is 26.2 Å². The second-order valence-corrected chi connectivity index (χ2v) is 15.4. The Labute approximate surface area is 175 Å². The standard InChI is InChI=1S/C21H38N2O5Si/c1-14(2)29(6,7)23-17(19(25)26)16(18(23)24)11-10-15-9-8-12-22(13-15)20(27)28-21(3,4)5/h14-17H,8-13H2,1-7H3,(H,25,26)/t15?,16-,17?/m1/s1. The number of nitrogens with zero attached hydrogens (tertiary/aromatic N) is 2. The maximum Gasteiger partial charge on any atom is 0.410 e. The van der Waals surface area contributed by atoms with E-state index in [2.05, 4.69) is 26.9 Å². The normalized spacial score (nSPS) is 25.8. The Kier molecular flexibility index (Phi) is 7.08. The van der Waals surface area contributed by atoms with Gasteiger partial charge in [0.1, 0.15) is 11.6 Å². The van der Waals surface area contributed by atoms with Crippen molar-refractivity contribution in [2.45, 2.75) is 90.6 Å². The molecule has 29 heavy (non-hydrogen) atoms. The number of rotatable bonds is 6. The van der Waals surface area contributed by atoms with Crippen molar-refractivity contribution in [1.29, 1.82) is 0 Å². The van der Waals surface area contributed by atoms with Crippen molar-refractivity contribution in [3.8, 4) is 0 Å². The van der Waals surface area contributed by atoms with E-state index in [4.69, 9.17) is 4.74 Å². The van der Waals surface area contributed by atoms with Gasteiger partial charge in [0.05, 0.1) is 5.92 Å². The zero-order chi connectivity index (χ0) is 22.1. The lowest BCUT2D eigenvalue weighted by Crippen LogP contribution is -2.73. The molecule has 2 rings (SSSR count). The topological polar surface area (TPSA) is 87.2 Å². The van der Waals surface area contributed by atoms with Crippen molar-refractivity contribution in [3.63, 3.8) is 0 Å². The van der Waals surface area contributed by atoms with E-state index >= 15 is 0 Å². The van der Waals surface area contributed by atoms with Crippen LogP contribution in [0.5, 0.6) is 0 Å². The van der Waals surface area contributed by atoms with Crippen LogP contribution in [0.3, 0.4) is 0 Å². The second kappa shape index (κ2) is 8.66. The molecule has 0 radical (unpaired) electrons. The van der Waals surface area contributed by atoms with Crippen molar-refractivity contribution < 1.29 is 24.2 Å². The molecule has 0 bridgehead atoms. The molecule has 3 atom stereocenters. The molecule has 0 aliphatic carbocycles. The number of ether oxygens (including phenoxy) is 1. The van der Waals surface area contributed by atoms with Crippen LogP contribution in [-0.4, -0.2) is 65.5 Å². The fourth-order valence-corrected chi connectivity index (χ4v) is 6.54. The van der Waals surface area contributed by atoms with Crippen LogP contribution in [0.15, 0.2) is 0 Å². The van der Waals surface area contributed by atoms with Gasteiger partial charge in [-0.05, 0) is 57.9 Å². The van der Waals surface area contributed by atoms with Gasteiger partial charge in [0.15, 0.2) is 8.24 Å². The summed E-state index contributed by atoms with van der Waals surface area (Å²) in [7, 11) is -2.11. The number of carboxylic acid groups (broad SMARTS) is 1. The van der Waals surface area contributed by atoms with E-state index in [0.29, 0.717) is 25.1 Å². The van der Waals surface area contributed by atoms with E-state index in [1.165, 1.54) is 0 Å². The lowest BCUT2D eigenvalue weighted by Gasteiger charge is -2.54. The number of hydrogen-bond donors (Lipinski definition) is 1. The van der Waals surface area contributed by atoms with Gasteiger partial charge in [-0.15, -0.1) is 0 Å². The van der Waals surface area contributed by atoms with Gasteiger partial charge < -0.3 is 19.3 Å². The zero-order valence-corrected chi connectivity index (χ0v) is 20.0. The predicted molar refractivity (Wildman–Crippen MR) is 114 cm³/mol. The molecule has 2 heterocycles. The number of amides is 2. The van der Waals surface area contributed by atoms with Gasteiger partial charge in [-0.2, -0.15) is 0 Å². The molecule has 0 aromatic rings. The van der Waals surface area contributed by atoms with Gasteiger partial charge >= 0.3 is 12.1 Å². The lowest BCUT2D eigenvalue weighted by atomic mass is 9.82. The summed E-state index contributed by atoms with van der Waals surface area (Å²) in [5, 5.41) is 9.76. The number of carboxylic acids is 1. The quantitative estimate of drug-likeness (QED) is 0.513. The highest BCUT2D eigenvalue weighted by atomic mass is 28.3. The molecule has 2 amide bonds. The molecule has 0 spiro atoms. The molecule has 2 unspecified atom stereocenters. The minimum atomic E-state index is -2.11. The molecule has 1 N–H and O–H groups in total. The van der Waals surface area contributed by atoms with Crippen LogP contribution in [0.25, 0.3) is 0 Å². The number of β-lactam (4-membered cyclic amide) rings is 1. The number of hydrogen-bond acceptors (Lipinski definition) is 4. The highest BCUT2D eigenvalue weighted by molar-refractivity contribution is 6.78. The Balaban J connectivity index is 1.96.